The van der Waals surface area contributed by atoms with E-state index in [4.69, 9.17) is 28.7 Å². The summed E-state index contributed by atoms with van der Waals surface area (Å²) in [6.45, 7) is 8.89. The lowest BCUT2D eigenvalue weighted by atomic mass is 9.90. The average molecular weight is 775 g/mol. The van der Waals surface area contributed by atoms with Gasteiger partial charge in [0.05, 0.1) is 24.3 Å². The van der Waals surface area contributed by atoms with E-state index < -0.39 is 35.6 Å². The van der Waals surface area contributed by atoms with E-state index in [1.54, 1.807) is 37.3 Å². The Balaban J connectivity index is 1.26. The van der Waals surface area contributed by atoms with Crippen molar-refractivity contribution in [2.24, 2.45) is 5.92 Å². The Labute approximate surface area is 331 Å². The second-order valence-corrected chi connectivity index (χ2v) is 14.0. The number of hydrogen-bond acceptors (Lipinski definition) is 11. The van der Waals surface area contributed by atoms with Crippen LogP contribution in [-0.2, 0) is 44.8 Å². The molecule has 1 unspecified atom stereocenters. The van der Waals surface area contributed by atoms with Gasteiger partial charge in [-0.25, -0.2) is 24.2 Å². The molecule has 3 aromatic rings. The molecule has 56 heavy (non-hydrogen) atoms. The fourth-order valence-electron chi connectivity index (χ4n) is 6.11. The Morgan fingerprint density at radius 3 is 1.68 bits per heavy atom. The Morgan fingerprint density at radius 1 is 0.625 bits per heavy atom. The van der Waals surface area contributed by atoms with Crippen molar-refractivity contribution >= 4 is 29.8 Å². The third kappa shape index (κ3) is 15.5. The van der Waals surface area contributed by atoms with E-state index >= 15 is 0 Å². The van der Waals surface area contributed by atoms with Gasteiger partial charge in [0.1, 0.15) is 5.75 Å². The molecule has 3 rings (SSSR count). The molecule has 11 heteroatoms. The molecular weight excluding hydrogens is 716 g/mol. The number of hydrogen-bond donors (Lipinski definition) is 0. The van der Waals surface area contributed by atoms with Crippen LogP contribution in [0.2, 0.25) is 0 Å². The van der Waals surface area contributed by atoms with Crippen LogP contribution in [0, 0.1) is 5.92 Å². The van der Waals surface area contributed by atoms with Gasteiger partial charge in [-0.1, -0.05) is 115 Å². The molecule has 0 aliphatic heterocycles. The van der Waals surface area contributed by atoms with Gasteiger partial charge < -0.3 is 18.9 Å². The fraction of sp³-hybridized carbons (Fsp3) is 0.489. The topological polar surface area (TPSA) is 141 Å². The first-order chi connectivity index (χ1) is 27.0. The number of carbonyl (C=O) groups is 5. The largest absolute Gasteiger partial charge is 0.494 e. The standard InChI is InChI=1S/C45H58O11/c1-6-33(3)31-39-32-38(25-28-41(39)36-21-17-16-18-22-36)43(49)56-55-42(48)37-23-26-40(27-24-37)51-29-19-14-12-10-8-9-11-13-15-20-30-52-44(50)45(7-2,53-34(4)46)54-35(5)47/h16-18,21-28,32-33H,6-15,19-20,29-31H2,1-5H3. The Kier molecular flexibility index (Phi) is 19.7. The molecule has 0 heterocycles. The van der Waals surface area contributed by atoms with Crippen LogP contribution in [-0.4, -0.2) is 48.8 Å². The molecule has 0 N–H and O–H groups in total. The van der Waals surface area contributed by atoms with Gasteiger partial charge in [0, 0.05) is 20.3 Å². The predicted octanol–water partition coefficient (Wildman–Crippen LogP) is 9.93. The molecule has 0 saturated carbocycles. The number of rotatable bonds is 24. The monoisotopic (exact) mass is 774 g/mol. The average Bonchev–Trinajstić information content (AvgIpc) is 3.19. The summed E-state index contributed by atoms with van der Waals surface area (Å²) >= 11 is 0. The van der Waals surface area contributed by atoms with Crippen LogP contribution in [0.3, 0.4) is 0 Å². The zero-order valence-electron chi connectivity index (χ0n) is 33.6. The summed E-state index contributed by atoms with van der Waals surface area (Å²) in [7, 11) is 0. The minimum Gasteiger partial charge on any atom is -0.494 e. The highest BCUT2D eigenvalue weighted by Gasteiger charge is 2.46. The summed E-state index contributed by atoms with van der Waals surface area (Å²) in [6, 6.07) is 22.0. The molecule has 1 atom stereocenters. The van der Waals surface area contributed by atoms with Crippen molar-refractivity contribution in [2.45, 2.75) is 124 Å². The van der Waals surface area contributed by atoms with Crippen molar-refractivity contribution in [2.75, 3.05) is 13.2 Å². The van der Waals surface area contributed by atoms with Crippen LogP contribution in [0.4, 0.5) is 0 Å². The normalized spacial score (nSPS) is 11.6. The van der Waals surface area contributed by atoms with Crippen molar-refractivity contribution in [1.29, 1.82) is 0 Å². The minimum atomic E-state index is -2.04. The van der Waals surface area contributed by atoms with Crippen molar-refractivity contribution in [3.8, 4) is 16.9 Å². The van der Waals surface area contributed by atoms with E-state index in [0.29, 0.717) is 30.3 Å². The molecule has 0 amide bonds. The smallest absolute Gasteiger partial charge is 0.393 e. The lowest BCUT2D eigenvalue weighted by Gasteiger charge is -2.28. The Bertz CT molecular complexity index is 1670. The highest BCUT2D eigenvalue weighted by Crippen LogP contribution is 2.28. The predicted molar refractivity (Wildman–Crippen MR) is 211 cm³/mol. The van der Waals surface area contributed by atoms with Crippen LogP contribution in [0.1, 0.15) is 138 Å². The van der Waals surface area contributed by atoms with E-state index in [0.717, 1.165) is 101 Å². The number of benzene rings is 3. The zero-order chi connectivity index (χ0) is 40.8. The second kappa shape index (κ2) is 24.3. The lowest BCUT2D eigenvalue weighted by molar-refractivity contribution is -0.239. The summed E-state index contributed by atoms with van der Waals surface area (Å²) < 4.78 is 21.1. The van der Waals surface area contributed by atoms with Crippen molar-refractivity contribution in [3.63, 3.8) is 0 Å². The van der Waals surface area contributed by atoms with Gasteiger partial charge in [-0.2, -0.15) is 0 Å². The van der Waals surface area contributed by atoms with Gasteiger partial charge in [-0.3, -0.25) is 9.59 Å². The summed E-state index contributed by atoms with van der Waals surface area (Å²) in [4.78, 5) is 70.6. The van der Waals surface area contributed by atoms with Crippen LogP contribution >= 0.6 is 0 Å². The van der Waals surface area contributed by atoms with Crippen molar-refractivity contribution in [3.05, 3.63) is 89.5 Å². The van der Waals surface area contributed by atoms with Gasteiger partial charge in [-0.05, 0) is 78.3 Å². The van der Waals surface area contributed by atoms with Crippen LogP contribution in [0.25, 0.3) is 11.1 Å². The first-order valence-corrected chi connectivity index (χ1v) is 19.9. The molecule has 0 aliphatic carbocycles. The van der Waals surface area contributed by atoms with Crippen LogP contribution < -0.4 is 4.74 Å². The number of esters is 3. The number of ether oxygens (including phenoxy) is 4. The third-order valence-electron chi connectivity index (χ3n) is 9.41. The summed E-state index contributed by atoms with van der Waals surface area (Å²) in [5, 5.41) is 0. The highest BCUT2D eigenvalue weighted by atomic mass is 17.2. The maximum Gasteiger partial charge on any atom is 0.393 e. The zero-order valence-corrected chi connectivity index (χ0v) is 33.6. The first kappa shape index (κ1) is 45.2. The van der Waals surface area contributed by atoms with E-state index in [2.05, 4.69) is 13.8 Å². The van der Waals surface area contributed by atoms with Gasteiger partial charge in [0.2, 0.25) is 0 Å². The highest BCUT2D eigenvalue weighted by molar-refractivity contribution is 5.93. The minimum absolute atomic E-state index is 0.0407. The molecule has 11 nitrogen and oxygen atoms in total. The molecule has 0 spiro atoms. The summed E-state index contributed by atoms with van der Waals surface area (Å²) in [5.74, 6) is -4.83. The maximum absolute atomic E-state index is 12.8. The number of carbonyl (C=O) groups excluding carboxylic acids is 5. The van der Waals surface area contributed by atoms with Crippen LogP contribution in [0.15, 0.2) is 72.8 Å². The van der Waals surface area contributed by atoms with E-state index in [1.807, 2.05) is 42.5 Å². The molecule has 0 bridgehead atoms. The molecule has 0 aromatic heterocycles. The van der Waals surface area contributed by atoms with Gasteiger partial charge in [0.25, 0.3) is 0 Å². The SMILES string of the molecule is CCC(C)Cc1cc(C(=O)OOC(=O)c2ccc(OCCCCCCCCCCCCOC(=O)C(CC)(OC(C)=O)OC(C)=O)cc2)ccc1-c1ccccc1. The summed E-state index contributed by atoms with van der Waals surface area (Å²) in [5.41, 5.74) is 3.72. The van der Waals surface area contributed by atoms with Gasteiger partial charge >= 0.3 is 35.6 Å². The van der Waals surface area contributed by atoms with E-state index in [1.165, 1.54) is 0 Å². The fourth-order valence-corrected chi connectivity index (χ4v) is 6.11. The quantitative estimate of drug-likeness (QED) is 0.0282. The van der Waals surface area contributed by atoms with E-state index in [9.17, 15) is 24.0 Å². The van der Waals surface area contributed by atoms with E-state index in [-0.39, 0.29) is 18.6 Å². The second-order valence-electron chi connectivity index (χ2n) is 14.0. The lowest BCUT2D eigenvalue weighted by Crippen LogP contribution is -2.47. The molecule has 0 saturated heterocycles. The molecule has 0 radical (unpaired) electrons. The third-order valence-corrected chi connectivity index (χ3v) is 9.41. The van der Waals surface area contributed by atoms with Crippen molar-refractivity contribution in [1.82, 2.24) is 0 Å². The van der Waals surface area contributed by atoms with Crippen molar-refractivity contribution < 1.29 is 52.7 Å². The maximum atomic E-state index is 12.8. The Morgan fingerprint density at radius 2 is 1.14 bits per heavy atom. The summed E-state index contributed by atoms with van der Waals surface area (Å²) in [6.07, 6.45) is 11.9. The molecular formula is C45H58O11. The number of unbranched alkanes of at least 4 members (excludes halogenated alkanes) is 9. The molecule has 304 valence electrons. The van der Waals surface area contributed by atoms with Gasteiger partial charge in [0.15, 0.2) is 0 Å². The molecule has 3 aromatic carbocycles. The Hall–Kier alpha value is -5.19. The molecule has 0 aliphatic rings. The van der Waals surface area contributed by atoms with Gasteiger partial charge in [-0.15, -0.1) is 0 Å². The van der Waals surface area contributed by atoms with Crippen LogP contribution in [0.5, 0.6) is 5.75 Å². The first-order valence-electron chi connectivity index (χ1n) is 19.9. The molecule has 0 fully saturated rings.